The average Bonchev–Trinajstić information content (AvgIpc) is 3.19. The van der Waals surface area contributed by atoms with Crippen LogP contribution in [0.15, 0.2) is 46.7 Å². The molecule has 26 heavy (non-hydrogen) atoms. The number of nitrogens with zero attached hydrogens (tertiary/aromatic N) is 1. The molecule has 1 aliphatic heterocycles. The van der Waals surface area contributed by atoms with Crippen molar-refractivity contribution in [1.29, 1.82) is 0 Å². The van der Waals surface area contributed by atoms with Gasteiger partial charge in [0, 0.05) is 4.88 Å². The Kier molecular flexibility index (Phi) is 5.52. The van der Waals surface area contributed by atoms with Crippen molar-refractivity contribution in [2.75, 3.05) is 6.54 Å². The van der Waals surface area contributed by atoms with Crippen LogP contribution in [0.25, 0.3) is 0 Å². The minimum absolute atomic E-state index is 0.0648. The number of primary sulfonamides is 1. The molecule has 0 saturated carbocycles. The van der Waals surface area contributed by atoms with Crippen LogP contribution in [-0.2, 0) is 32.6 Å². The summed E-state index contributed by atoms with van der Waals surface area (Å²) < 4.78 is 22.5. The van der Waals surface area contributed by atoms with Crippen LogP contribution in [-0.4, -0.2) is 37.7 Å². The quantitative estimate of drug-likeness (QED) is 0.678. The summed E-state index contributed by atoms with van der Waals surface area (Å²) in [4.78, 5) is 26.8. The third-order valence-electron chi connectivity index (χ3n) is 4.19. The third kappa shape index (κ3) is 4.36. The molecule has 1 aromatic carbocycles. The van der Waals surface area contributed by atoms with Gasteiger partial charge in [-0.2, -0.15) is 0 Å². The van der Waals surface area contributed by atoms with Crippen LogP contribution in [0.5, 0.6) is 0 Å². The van der Waals surface area contributed by atoms with Crippen molar-refractivity contribution in [2.45, 2.75) is 30.3 Å². The molecule has 3 rings (SSSR count). The number of sulfonamides is 1. The van der Waals surface area contributed by atoms with E-state index in [1.165, 1.54) is 28.4 Å². The van der Waals surface area contributed by atoms with E-state index in [0.717, 1.165) is 10.4 Å². The Morgan fingerprint density at radius 1 is 1.19 bits per heavy atom. The number of carbonyl (C=O) groups is 2. The van der Waals surface area contributed by atoms with Gasteiger partial charge in [0.15, 0.2) is 0 Å². The first-order valence-electron chi connectivity index (χ1n) is 8.06. The lowest BCUT2D eigenvalue weighted by atomic mass is 10.1. The Bertz CT molecular complexity index is 893. The maximum Gasteiger partial charge on any atom is 0.247 e. The highest BCUT2D eigenvalue weighted by Crippen LogP contribution is 2.19. The van der Waals surface area contributed by atoms with Crippen LogP contribution >= 0.6 is 11.3 Å². The van der Waals surface area contributed by atoms with Crippen LogP contribution < -0.4 is 10.5 Å². The Hall–Kier alpha value is -2.07. The summed E-state index contributed by atoms with van der Waals surface area (Å²) in [7, 11) is -3.70. The summed E-state index contributed by atoms with van der Waals surface area (Å²) in [5.74, 6) is -0.369. The van der Waals surface area contributed by atoms with E-state index in [-0.39, 0.29) is 23.1 Å². The minimum atomic E-state index is -3.70. The second kappa shape index (κ2) is 7.67. The smallest absolute Gasteiger partial charge is 0.247 e. The van der Waals surface area contributed by atoms with Crippen LogP contribution in [0.1, 0.15) is 16.9 Å². The van der Waals surface area contributed by atoms with Crippen molar-refractivity contribution in [3.05, 3.63) is 52.2 Å². The predicted octanol–water partition coefficient (Wildman–Crippen LogP) is 0.855. The molecule has 1 atom stereocenters. The number of likely N-dealkylation sites (tertiary alicyclic amines) is 1. The second-order valence-corrected chi connectivity index (χ2v) is 8.64. The highest BCUT2D eigenvalue weighted by Gasteiger charge is 2.38. The standard InChI is InChI=1S/C17H19N3O4S2/c18-26(23,24)14-5-3-12(4-6-14)7-8-19-15-10-16(21)20(17(15)22)11-13-2-1-9-25-13/h1-6,9,15,19H,7-8,10-11H2,(H2,18,23,24)/t15-/m1/s1. The van der Waals surface area contributed by atoms with Crippen molar-refractivity contribution >= 4 is 33.2 Å². The fourth-order valence-electron chi connectivity index (χ4n) is 2.80. The topological polar surface area (TPSA) is 110 Å². The lowest BCUT2D eigenvalue weighted by Gasteiger charge is -2.14. The summed E-state index contributed by atoms with van der Waals surface area (Å²) in [6.45, 7) is 0.827. The Morgan fingerprint density at radius 3 is 2.54 bits per heavy atom. The number of thiophene rings is 1. The van der Waals surface area contributed by atoms with Crippen molar-refractivity contribution in [1.82, 2.24) is 10.2 Å². The van der Waals surface area contributed by atoms with E-state index in [9.17, 15) is 18.0 Å². The first-order chi connectivity index (χ1) is 12.3. The monoisotopic (exact) mass is 393 g/mol. The number of benzene rings is 1. The van der Waals surface area contributed by atoms with Gasteiger partial charge in [-0.25, -0.2) is 13.6 Å². The van der Waals surface area contributed by atoms with Crippen LogP contribution in [0.2, 0.25) is 0 Å². The molecule has 3 N–H and O–H groups in total. The van der Waals surface area contributed by atoms with Gasteiger partial charge >= 0.3 is 0 Å². The minimum Gasteiger partial charge on any atom is -0.305 e. The number of carbonyl (C=O) groups excluding carboxylic acids is 2. The van der Waals surface area contributed by atoms with E-state index in [1.807, 2.05) is 17.5 Å². The molecular weight excluding hydrogens is 374 g/mol. The summed E-state index contributed by atoms with van der Waals surface area (Å²) in [6, 6.07) is 9.57. The van der Waals surface area contributed by atoms with Gasteiger partial charge in [0.1, 0.15) is 0 Å². The largest absolute Gasteiger partial charge is 0.305 e. The van der Waals surface area contributed by atoms with Gasteiger partial charge in [-0.15, -0.1) is 11.3 Å². The number of amides is 2. The van der Waals surface area contributed by atoms with Gasteiger partial charge < -0.3 is 5.32 Å². The number of imide groups is 1. The molecule has 0 aliphatic carbocycles. The lowest BCUT2D eigenvalue weighted by molar-refractivity contribution is -0.139. The number of nitrogens with one attached hydrogen (secondary N) is 1. The number of rotatable bonds is 7. The Morgan fingerprint density at radius 2 is 1.92 bits per heavy atom. The molecule has 2 aromatic rings. The Labute approximate surface area is 155 Å². The summed E-state index contributed by atoms with van der Waals surface area (Å²) in [5, 5.41) is 10.1. The van der Waals surface area contributed by atoms with Crippen molar-refractivity contribution < 1.29 is 18.0 Å². The average molecular weight is 393 g/mol. The maximum absolute atomic E-state index is 12.4. The number of nitrogens with two attached hydrogens (primary N) is 1. The molecule has 0 radical (unpaired) electrons. The van der Waals surface area contributed by atoms with E-state index in [2.05, 4.69) is 5.32 Å². The second-order valence-electron chi connectivity index (χ2n) is 6.05. The molecule has 1 aliphatic rings. The molecule has 7 nitrogen and oxygen atoms in total. The molecule has 2 amide bonds. The molecule has 1 saturated heterocycles. The van der Waals surface area contributed by atoms with E-state index < -0.39 is 16.1 Å². The molecule has 1 fully saturated rings. The first-order valence-corrected chi connectivity index (χ1v) is 10.5. The van der Waals surface area contributed by atoms with Gasteiger partial charge in [-0.1, -0.05) is 18.2 Å². The fraction of sp³-hybridized carbons (Fsp3) is 0.294. The molecule has 9 heteroatoms. The summed E-state index contributed by atoms with van der Waals surface area (Å²) in [6.07, 6.45) is 0.766. The molecule has 138 valence electrons. The molecule has 0 unspecified atom stereocenters. The predicted molar refractivity (Wildman–Crippen MR) is 97.8 cm³/mol. The molecule has 0 bridgehead atoms. The Balaban J connectivity index is 1.52. The molecular formula is C17H19N3O4S2. The van der Waals surface area contributed by atoms with Crippen LogP contribution in [0, 0.1) is 0 Å². The van der Waals surface area contributed by atoms with E-state index in [1.54, 1.807) is 12.1 Å². The molecule has 1 aromatic heterocycles. The van der Waals surface area contributed by atoms with Crippen LogP contribution in [0.3, 0.4) is 0 Å². The van der Waals surface area contributed by atoms with Gasteiger partial charge in [-0.3, -0.25) is 14.5 Å². The zero-order chi connectivity index (χ0) is 18.7. The van der Waals surface area contributed by atoms with E-state index in [0.29, 0.717) is 19.5 Å². The van der Waals surface area contributed by atoms with E-state index in [4.69, 9.17) is 5.14 Å². The highest BCUT2D eigenvalue weighted by molar-refractivity contribution is 7.89. The van der Waals surface area contributed by atoms with Crippen molar-refractivity contribution in [3.8, 4) is 0 Å². The van der Waals surface area contributed by atoms with Gasteiger partial charge in [0.05, 0.1) is 23.9 Å². The highest BCUT2D eigenvalue weighted by atomic mass is 32.2. The summed E-state index contributed by atoms with van der Waals surface area (Å²) >= 11 is 1.51. The summed E-state index contributed by atoms with van der Waals surface area (Å²) in [5.41, 5.74) is 0.914. The zero-order valence-corrected chi connectivity index (χ0v) is 15.6. The number of hydrogen-bond acceptors (Lipinski definition) is 6. The van der Waals surface area contributed by atoms with Gasteiger partial charge in [0.25, 0.3) is 0 Å². The van der Waals surface area contributed by atoms with Crippen LogP contribution in [0.4, 0.5) is 0 Å². The SMILES string of the molecule is NS(=O)(=O)c1ccc(CCN[C@@H]2CC(=O)N(Cc3cccs3)C2=O)cc1. The number of hydrogen-bond donors (Lipinski definition) is 2. The first kappa shape index (κ1) is 18.7. The maximum atomic E-state index is 12.4. The van der Waals surface area contributed by atoms with Gasteiger partial charge in [-0.05, 0) is 42.1 Å². The fourth-order valence-corrected chi connectivity index (χ4v) is 4.01. The van der Waals surface area contributed by atoms with Crippen molar-refractivity contribution in [2.24, 2.45) is 5.14 Å². The van der Waals surface area contributed by atoms with E-state index >= 15 is 0 Å². The van der Waals surface area contributed by atoms with Gasteiger partial charge in [0.2, 0.25) is 21.8 Å². The zero-order valence-electron chi connectivity index (χ0n) is 13.9. The normalized spacial score (nSPS) is 17.9. The molecule has 2 heterocycles. The third-order valence-corrected chi connectivity index (χ3v) is 5.98. The van der Waals surface area contributed by atoms with Crippen molar-refractivity contribution in [3.63, 3.8) is 0 Å². The lowest BCUT2D eigenvalue weighted by Crippen LogP contribution is -2.39. The molecule has 0 spiro atoms.